The number of nitrogens with one attached hydrogen (secondary N) is 1. The van der Waals surface area contributed by atoms with Gasteiger partial charge in [0, 0.05) is 12.1 Å². The summed E-state index contributed by atoms with van der Waals surface area (Å²) in [5.74, 6) is 0.0419. The molecule has 0 atom stereocenters. The molecule has 0 spiro atoms. The van der Waals surface area contributed by atoms with Crippen molar-refractivity contribution in [2.45, 2.75) is 6.42 Å². The minimum Gasteiger partial charge on any atom is -0.352 e. The Hall–Kier alpha value is -1.31. The van der Waals surface area contributed by atoms with E-state index in [1.54, 1.807) is 6.07 Å². The number of hydrogen-bond donors (Lipinski definition) is 1. The van der Waals surface area contributed by atoms with Crippen LogP contribution in [0.5, 0.6) is 0 Å². The number of fused-ring (bicyclic) bond motifs is 1. The fraction of sp³-hybridized carbons (Fsp3) is 0.222. The molecule has 1 N–H and O–H groups in total. The Bertz CT molecular complexity index is 293. The molecule has 0 aromatic heterocycles. The number of carbonyl (C=O) groups excluding carboxylic acids is 1. The Kier molecular flexibility index (Phi) is 1.39. The second kappa shape index (κ2) is 2.38. The van der Waals surface area contributed by atoms with E-state index in [-0.39, 0.29) is 5.91 Å². The highest BCUT2D eigenvalue weighted by Crippen LogP contribution is 2.11. The molecule has 0 saturated heterocycles. The summed E-state index contributed by atoms with van der Waals surface area (Å²) in [6, 6.07) is 8.42. The third kappa shape index (κ3) is 1.00. The van der Waals surface area contributed by atoms with Gasteiger partial charge in [0.2, 0.25) is 0 Å². The molecule has 2 heteroatoms. The van der Waals surface area contributed by atoms with E-state index in [1.807, 2.05) is 12.1 Å². The lowest BCUT2D eigenvalue weighted by atomic mass is 10.0. The van der Waals surface area contributed by atoms with Crippen LogP contribution in [-0.4, -0.2) is 12.5 Å². The Labute approximate surface area is 65.2 Å². The normalized spacial score (nSPS) is 15.5. The van der Waals surface area contributed by atoms with Gasteiger partial charge in [-0.25, -0.2) is 0 Å². The fourth-order valence-corrected chi connectivity index (χ4v) is 1.30. The number of hydrogen-bond acceptors (Lipinski definition) is 1. The van der Waals surface area contributed by atoms with Crippen molar-refractivity contribution in [2.24, 2.45) is 0 Å². The van der Waals surface area contributed by atoms with Crippen LogP contribution >= 0.6 is 0 Å². The van der Waals surface area contributed by atoms with Crippen molar-refractivity contribution in [2.75, 3.05) is 6.54 Å². The van der Waals surface area contributed by atoms with E-state index in [0.717, 1.165) is 24.1 Å². The highest BCUT2D eigenvalue weighted by Gasteiger charge is 2.14. The first-order valence-electron chi connectivity index (χ1n) is 3.65. The summed E-state index contributed by atoms with van der Waals surface area (Å²) in [5, 5.41) is 2.79. The maximum atomic E-state index is 11.2. The number of benzene rings is 1. The lowest BCUT2D eigenvalue weighted by molar-refractivity contribution is 0.0946. The van der Waals surface area contributed by atoms with E-state index in [2.05, 4.69) is 11.4 Å². The van der Waals surface area contributed by atoms with Gasteiger partial charge in [-0.3, -0.25) is 4.79 Å². The molecule has 0 fully saturated rings. The largest absolute Gasteiger partial charge is 0.352 e. The number of rotatable bonds is 0. The summed E-state index contributed by atoms with van der Waals surface area (Å²) in [5.41, 5.74) is 1.91. The van der Waals surface area contributed by atoms with Crippen LogP contribution in [0.25, 0.3) is 0 Å². The molecule has 0 saturated carbocycles. The highest BCUT2D eigenvalue weighted by molar-refractivity contribution is 5.96. The molecule has 55 valence electrons. The highest BCUT2D eigenvalue weighted by atomic mass is 16.1. The van der Waals surface area contributed by atoms with Gasteiger partial charge in [0.15, 0.2) is 0 Å². The van der Waals surface area contributed by atoms with Crippen LogP contribution < -0.4 is 5.32 Å². The van der Waals surface area contributed by atoms with Crippen molar-refractivity contribution in [3.63, 3.8) is 0 Å². The Balaban J connectivity index is 2.52. The molecule has 2 rings (SSSR count). The molecule has 2 nitrogen and oxygen atoms in total. The van der Waals surface area contributed by atoms with Crippen LogP contribution in [0, 0.1) is 6.07 Å². The molecule has 1 radical (unpaired) electrons. The summed E-state index contributed by atoms with van der Waals surface area (Å²) in [7, 11) is 0. The van der Waals surface area contributed by atoms with Crippen molar-refractivity contribution in [1.29, 1.82) is 0 Å². The second-order valence-corrected chi connectivity index (χ2v) is 2.59. The van der Waals surface area contributed by atoms with E-state index in [9.17, 15) is 4.79 Å². The maximum Gasteiger partial charge on any atom is 0.251 e. The smallest absolute Gasteiger partial charge is 0.251 e. The zero-order valence-electron chi connectivity index (χ0n) is 6.05. The minimum absolute atomic E-state index is 0.0419. The second-order valence-electron chi connectivity index (χ2n) is 2.59. The summed E-state index contributed by atoms with van der Waals surface area (Å²) in [6.07, 6.45) is 0.929. The molecule has 1 aliphatic rings. The van der Waals surface area contributed by atoms with E-state index in [4.69, 9.17) is 0 Å². The predicted molar refractivity (Wildman–Crippen MR) is 41.3 cm³/mol. The van der Waals surface area contributed by atoms with Crippen LogP contribution in [-0.2, 0) is 6.42 Å². The fourth-order valence-electron chi connectivity index (χ4n) is 1.30. The first-order chi connectivity index (χ1) is 5.38. The first-order valence-corrected chi connectivity index (χ1v) is 3.65. The van der Waals surface area contributed by atoms with Gasteiger partial charge in [-0.15, -0.1) is 0 Å². The molecule has 1 amide bonds. The van der Waals surface area contributed by atoms with Crippen LogP contribution in [0.15, 0.2) is 18.2 Å². The summed E-state index contributed by atoms with van der Waals surface area (Å²) in [6.45, 7) is 0.754. The average molecular weight is 146 g/mol. The number of amides is 1. The molecule has 1 aliphatic heterocycles. The molecular weight excluding hydrogens is 138 g/mol. The molecule has 11 heavy (non-hydrogen) atoms. The van der Waals surface area contributed by atoms with Crippen molar-refractivity contribution >= 4 is 5.91 Å². The monoisotopic (exact) mass is 146 g/mol. The van der Waals surface area contributed by atoms with E-state index in [1.165, 1.54) is 0 Å². The van der Waals surface area contributed by atoms with Crippen LogP contribution in [0.3, 0.4) is 0 Å². The predicted octanol–water partition coefficient (Wildman–Crippen LogP) is 0.773. The third-order valence-electron chi connectivity index (χ3n) is 1.87. The lowest BCUT2D eigenvalue weighted by Gasteiger charge is -2.14. The molecule has 1 heterocycles. The van der Waals surface area contributed by atoms with Crippen molar-refractivity contribution < 1.29 is 4.79 Å². The maximum absolute atomic E-state index is 11.2. The zero-order chi connectivity index (χ0) is 7.68. The summed E-state index contributed by atoms with van der Waals surface area (Å²) in [4.78, 5) is 11.2. The van der Waals surface area contributed by atoms with E-state index >= 15 is 0 Å². The van der Waals surface area contributed by atoms with Gasteiger partial charge in [0.1, 0.15) is 0 Å². The van der Waals surface area contributed by atoms with Gasteiger partial charge < -0.3 is 5.32 Å². The van der Waals surface area contributed by atoms with Gasteiger partial charge in [-0.1, -0.05) is 12.1 Å². The molecule has 0 unspecified atom stereocenters. The van der Waals surface area contributed by atoms with Crippen LogP contribution in [0.2, 0.25) is 0 Å². The topological polar surface area (TPSA) is 29.1 Å². The molecular formula is C9H8NO. The van der Waals surface area contributed by atoms with Crippen molar-refractivity contribution in [3.05, 3.63) is 35.4 Å². The molecule has 0 bridgehead atoms. The van der Waals surface area contributed by atoms with Crippen LogP contribution in [0.4, 0.5) is 0 Å². The van der Waals surface area contributed by atoms with Gasteiger partial charge in [-0.05, 0) is 24.1 Å². The summed E-state index contributed by atoms with van der Waals surface area (Å²) < 4.78 is 0. The van der Waals surface area contributed by atoms with Gasteiger partial charge in [-0.2, -0.15) is 0 Å². The van der Waals surface area contributed by atoms with Gasteiger partial charge in [0.05, 0.1) is 0 Å². The SMILES string of the molecule is O=C1NCCc2c[c]ccc21. The Morgan fingerprint density at radius 3 is 3.27 bits per heavy atom. The third-order valence-corrected chi connectivity index (χ3v) is 1.87. The lowest BCUT2D eigenvalue weighted by Crippen LogP contribution is -2.31. The molecule has 1 aromatic rings. The van der Waals surface area contributed by atoms with Crippen molar-refractivity contribution in [1.82, 2.24) is 5.32 Å². The minimum atomic E-state index is 0.0419. The van der Waals surface area contributed by atoms with Gasteiger partial charge in [0.25, 0.3) is 5.91 Å². The number of carbonyl (C=O) groups is 1. The Morgan fingerprint density at radius 1 is 1.55 bits per heavy atom. The van der Waals surface area contributed by atoms with E-state index < -0.39 is 0 Å². The van der Waals surface area contributed by atoms with Gasteiger partial charge >= 0.3 is 0 Å². The molecule has 0 aliphatic carbocycles. The Morgan fingerprint density at radius 2 is 2.45 bits per heavy atom. The van der Waals surface area contributed by atoms with Crippen molar-refractivity contribution in [3.8, 4) is 0 Å². The standard InChI is InChI=1S/C9H8NO/c11-9-8-4-2-1-3-7(8)5-6-10-9/h2-4H,5-6H2,(H,10,11). The quantitative estimate of drug-likeness (QED) is 0.575. The van der Waals surface area contributed by atoms with E-state index in [0.29, 0.717) is 0 Å². The first kappa shape index (κ1) is 6.40. The summed E-state index contributed by atoms with van der Waals surface area (Å²) >= 11 is 0. The van der Waals surface area contributed by atoms with Crippen LogP contribution in [0.1, 0.15) is 15.9 Å². The zero-order valence-corrected chi connectivity index (χ0v) is 6.05. The average Bonchev–Trinajstić information content (AvgIpc) is 2.06. The molecule has 1 aromatic carbocycles.